The molecule has 58 valence electrons. The molecule has 0 aliphatic heterocycles. The van der Waals surface area contributed by atoms with Gasteiger partial charge in [-0.3, -0.25) is 0 Å². The molecule has 3 heteroatoms. The van der Waals surface area contributed by atoms with Gasteiger partial charge in [0.05, 0.1) is 0 Å². The Morgan fingerprint density at radius 1 is 1.44 bits per heavy atom. The van der Waals surface area contributed by atoms with Crippen molar-refractivity contribution < 1.29 is 4.39 Å². The fourth-order valence-electron chi connectivity index (χ4n) is 0.231. The van der Waals surface area contributed by atoms with E-state index in [2.05, 4.69) is 0 Å². The summed E-state index contributed by atoms with van der Waals surface area (Å²) in [6.45, 7) is 5.36. The summed E-state index contributed by atoms with van der Waals surface area (Å²) in [6, 6.07) is -0.317. The van der Waals surface area contributed by atoms with Crippen LogP contribution in [0.1, 0.15) is 20.8 Å². The number of hydrogen-bond acceptors (Lipinski definition) is 1. The average Bonchev–Trinajstić information content (AvgIpc) is 1.62. The predicted molar refractivity (Wildman–Crippen MR) is 40.7 cm³/mol. The van der Waals surface area contributed by atoms with Crippen molar-refractivity contribution in [1.29, 1.82) is 0 Å². The molecule has 0 saturated heterocycles. The molecular formula is C6H15ClFN. The quantitative estimate of drug-likeness (QED) is 0.614. The molecule has 0 aliphatic carbocycles. The van der Waals surface area contributed by atoms with Crippen LogP contribution in [0.4, 0.5) is 4.39 Å². The highest BCUT2D eigenvalue weighted by Crippen LogP contribution is 2.16. The molecule has 0 radical (unpaired) electrons. The van der Waals surface area contributed by atoms with Crippen molar-refractivity contribution in [3.63, 3.8) is 0 Å². The Morgan fingerprint density at radius 2 is 1.78 bits per heavy atom. The first-order valence-electron chi connectivity index (χ1n) is 2.80. The summed E-state index contributed by atoms with van der Waals surface area (Å²) >= 11 is 0. The molecule has 0 saturated carbocycles. The summed E-state index contributed by atoms with van der Waals surface area (Å²) in [6.07, 6.45) is 0. The fourth-order valence-corrected chi connectivity index (χ4v) is 0.231. The highest BCUT2D eigenvalue weighted by Gasteiger charge is 2.19. The molecule has 1 atom stereocenters. The van der Waals surface area contributed by atoms with Gasteiger partial charge in [-0.2, -0.15) is 0 Å². The molecule has 0 bridgehead atoms. The zero-order chi connectivity index (χ0) is 6.78. The van der Waals surface area contributed by atoms with E-state index in [-0.39, 0.29) is 23.9 Å². The van der Waals surface area contributed by atoms with Gasteiger partial charge in [-0.1, -0.05) is 20.8 Å². The maximum Gasteiger partial charge on any atom is 0.105 e. The summed E-state index contributed by atoms with van der Waals surface area (Å²) in [5.74, 6) is 0. The maximum absolute atomic E-state index is 11.8. The van der Waals surface area contributed by atoms with Crippen LogP contribution in [0.5, 0.6) is 0 Å². The summed E-state index contributed by atoms with van der Waals surface area (Å²) in [5.41, 5.74) is 5.29. The normalized spacial score (nSPS) is 14.3. The molecular weight excluding hydrogens is 141 g/mol. The van der Waals surface area contributed by atoms with Crippen LogP contribution in [-0.2, 0) is 0 Å². The molecule has 0 aromatic heterocycles. The van der Waals surface area contributed by atoms with Gasteiger partial charge in [-0.25, -0.2) is 4.39 Å². The summed E-state index contributed by atoms with van der Waals surface area (Å²) in [7, 11) is 0. The van der Waals surface area contributed by atoms with Crippen molar-refractivity contribution in [2.45, 2.75) is 26.8 Å². The van der Waals surface area contributed by atoms with Crippen LogP contribution >= 0.6 is 12.4 Å². The largest absolute Gasteiger partial charge is 0.325 e. The molecule has 0 heterocycles. The summed E-state index contributed by atoms with van der Waals surface area (Å²) < 4.78 is 11.8. The van der Waals surface area contributed by atoms with E-state index in [1.54, 1.807) is 0 Å². The van der Waals surface area contributed by atoms with Gasteiger partial charge in [0.15, 0.2) is 0 Å². The molecule has 0 amide bonds. The molecule has 2 N–H and O–H groups in total. The summed E-state index contributed by atoms with van der Waals surface area (Å²) in [4.78, 5) is 0. The van der Waals surface area contributed by atoms with Crippen molar-refractivity contribution in [3.05, 3.63) is 0 Å². The van der Waals surface area contributed by atoms with E-state index in [1.165, 1.54) is 0 Å². The minimum Gasteiger partial charge on any atom is -0.325 e. The zero-order valence-corrected chi connectivity index (χ0v) is 6.96. The number of nitrogens with two attached hydrogens (primary N) is 1. The van der Waals surface area contributed by atoms with E-state index in [0.29, 0.717) is 0 Å². The molecule has 0 aromatic rings. The van der Waals surface area contributed by atoms with Gasteiger partial charge in [0, 0.05) is 6.04 Å². The lowest BCUT2D eigenvalue weighted by Crippen LogP contribution is -2.36. The van der Waals surface area contributed by atoms with Gasteiger partial charge in [0.2, 0.25) is 0 Å². The van der Waals surface area contributed by atoms with Gasteiger partial charge >= 0.3 is 0 Å². The van der Waals surface area contributed by atoms with E-state index in [4.69, 9.17) is 5.73 Å². The molecule has 9 heavy (non-hydrogen) atoms. The molecule has 0 unspecified atom stereocenters. The van der Waals surface area contributed by atoms with Gasteiger partial charge in [0.25, 0.3) is 0 Å². The molecule has 1 nitrogen and oxygen atoms in total. The number of rotatable bonds is 1. The highest BCUT2D eigenvalue weighted by molar-refractivity contribution is 5.85. The van der Waals surface area contributed by atoms with E-state index >= 15 is 0 Å². The lowest BCUT2D eigenvalue weighted by atomic mass is 9.88. The first kappa shape index (κ1) is 11.9. The predicted octanol–water partition coefficient (Wildman–Crippen LogP) is 1.75. The van der Waals surface area contributed by atoms with Gasteiger partial charge in [-0.15, -0.1) is 12.4 Å². The Hall–Kier alpha value is 0.180. The smallest absolute Gasteiger partial charge is 0.105 e. The number of hydrogen-bond donors (Lipinski definition) is 1. The topological polar surface area (TPSA) is 26.0 Å². The molecule has 0 aliphatic rings. The average molecular weight is 156 g/mol. The Bertz CT molecular complexity index is 69.9. The van der Waals surface area contributed by atoms with E-state index < -0.39 is 6.67 Å². The minimum atomic E-state index is -0.427. The second-order valence-corrected chi connectivity index (χ2v) is 3.13. The summed E-state index contributed by atoms with van der Waals surface area (Å²) in [5, 5.41) is 0. The second kappa shape index (κ2) is 4.07. The SMILES string of the molecule is CC(C)(C)[C@H](N)CF.Cl. The first-order chi connectivity index (χ1) is 3.48. The Balaban J connectivity index is 0. The standard InChI is InChI=1S/C6H14FN.ClH/c1-6(2,3)5(8)4-7;/h5H,4,8H2,1-3H3;1H/t5-;/m1./s1. The van der Waals surface area contributed by atoms with Crippen LogP contribution in [0.25, 0.3) is 0 Å². The third kappa shape index (κ3) is 4.67. The maximum atomic E-state index is 11.8. The van der Waals surface area contributed by atoms with Gasteiger partial charge in [0.1, 0.15) is 6.67 Å². The van der Waals surface area contributed by atoms with Gasteiger partial charge in [-0.05, 0) is 5.41 Å². The third-order valence-electron chi connectivity index (χ3n) is 1.28. The number of alkyl halides is 1. The minimum absolute atomic E-state index is 0. The lowest BCUT2D eigenvalue weighted by molar-refractivity contribution is 0.264. The second-order valence-electron chi connectivity index (χ2n) is 3.13. The zero-order valence-electron chi connectivity index (χ0n) is 6.15. The Morgan fingerprint density at radius 3 is 1.78 bits per heavy atom. The first-order valence-corrected chi connectivity index (χ1v) is 2.80. The van der Waals surface area contributed by atoms with E-state index in [1.807, 2.05) is 20.8 Å². The Kier molecular flexibility index (Phi) is 5.39. The van der Waals surface area contributed by atoms with Crippen LogP contribution in [0.2, 0.25) is 0 Å². The van der Waals surface area contributed by atoms with Crippen molar-refractivity contribution in [3.8, 4) is 0 Å². The Labute approximate surface area is 62.2 Å². The van der Waals surface area contributed by atoms with Crippen LogP contribution in [-0.4, -0.2) is 12.7 Å². The van der Waals surface area contributed by atoms with Crippen LogP contribution in [0.15, 0.2) is 0 Å². The van der Waals surface area contributed by atoms with Gasteiger partial charge < -0.3 is 5.73 Å². The fraction of sp³-hybridized carbons (Fsp3) is 1.00. The molecule has 0 fully saturated rings. The lowest BCUT2D eigenvalue weighted by Gasteiger charge is -2.23. The monoisotopic (exact) mass is 155 g/mol. The molecule has 0 aromatic carbocycles. The third-order valence-corrected chi connectivity index (χ3v) is 1.28. The van der Waals surface area contributed by atoms with Crippen molar-refractivity contribution >= 4 is 12.4 Å². The van der Waals surface area contributed by atoms with Crippen LogP contribution < -0.4 is 5.73 Å². The molecule has 0 spiro atoms. The van der Waals surface area contributed by atoms with Crippen molar-refractivity contribution in [2.75, 3.05) is 6.67 Å². The van der Waals surface area contributed by atoms with E-state index in [0.717, 1.165) is 0 Å². The van der Waals surface area contributed by atoms with Crippen molar-refractivity contribution in [1.82, 2.24) is 0 Å². The van der Waals surface area contributed by atoms with E-state index in [9.17, 15) is 4.39 Å². The molecule has 0 rings (SSSR count). The van der Waals surface area contributed by atoms with Crippen LogP contribution in [0.3, 0.4) is 0 Å². The highest BCUT2D eigenvalue weighted by atomic mass is 35.5. The van der Waals surface area contributed by atoms with Crippen LogP contribution in [0, 0.1) is 5.41 Å². The number of halogens is 2. The van der Waals surface area contributed by atoms with Crippen molar-refractivity contribution in [2.24, 2.45) is 11.1 Å².